The SMILES string of the molecule is CN(C)CCOc1ccc(C2CC2c2ccc(OCCN(C)C)cc2)cc1. The van der Waals surface area contributed by atoms with Gasteiger partial charge in [-0.25, -0.2) is 0 Å². The van der Waals surface area contributed by atoms with Gasteiger partial charge in [0.25, 0.3) is 0 Å². The molecule has 1 aliphatic carbocycles. The van der Waals surface area contributed by atoms with Crippen LogP contribution in [0.4, 0.5) is 0 Å². The van der Waals surface area contributed by atoms with Crippen molar-refractivity contribution in [1.29, 1.82) is 0 Å². The summed E-state index contributed by atoms with van der Waals surface area (Å²) < 4.78 is 11.6. The van der Waals surface area contributed by atoms with Crippen LogP contribution in [0, 0.1) is 0 Å². The zero-order valence-corrected chi connectivity index (χ0v) is 17.0. The van der Waals surface area contributed by atoms with E-state index in [0.29, 0.717) is 11.8 Å². The van der Waals surface area contributed by atoms with Gasteiger partial charge in [-0.15, -0.1) is 0 Å². The molecule has 4 heteroatoms. The third-order valence-electron chi connectivity index (χ3n) is 5.02. The van der Waals surface area contributed by atoms with E-state index in [-0.39, 0.29) is 0 Å². The Morgan fingerprint density at radius 1 is 0.667 bits per heavy atom. The smallest absolute Gasteiger partial charge is 0.119 e. The first kappa shape index (κ1) is 19.7. The largest absolute Gasteiger partial charge is 0.492 e. The molecule has 1 aliphatic rings. The molecule has 0 saturated heterocycles. The van der Waals surface area contributed by atoms with Crippen LogP contribution in [-0.2, 0) is 0 Å². The minimum atomic E-state index is 0.626. The summed E-state index contributed by atoms with van der Waals surface area (Å²) in [6.45, 7) is 3.31. The van der Waals surface area contributed by atoms with E-state index in [0.717, 1.165) is 37.8 Å². The quantitative estimate of drug-likeness (QED) is 0.636. The number of nitrogens with zero attached hydrogens (tertiary/aromatic N) is 2. The van der Waals surface area contributed by atoms with Crippen LogP contribution in [0.15, 0.2) is 48.5 Å². The summed E-state index contributed by atoms with van der Waals surface area (Å²) >= 11 is 0. The van der Waals surface area contributed by atoms with Crippen molar-refractivity contribution in [2.75, 3.05) is 54.5 Å². The highest BCUT2D eigenvalue weighted by Crippen LogP contribution is 2.54. The molecule has 1 fully saturated rings. The van der Waals surface area contributed by atoms with Gasteiger partial charge in [-0.2, -0.15) is 0 Å². The lowest BCUT2D eigenvalue weighted by Crippen LogP contribution is -2.19. The first-order chi connectivity index (χ1) is 13.0. The van der Waals surface area contributed by atoms with E-state index in [1.807, 2.05) is 0 Å². The first-order valence-corrected chi connectivity index (χ1v) is 9.78. The van der Waals surface area contributed by atoms with Gasteiger partial charge < -0.3 is 19.3 Å². The molecule has 0 heterocycles. The number of hydrogen-bond donors (Lipinski definition) is 0. The van der Waals surface area contributed by atoms with E-state index in [1.165, 1.54) is 17.5 Å². The zero-order valence-electron chi connectivity index (χ0n) is 17.0. The van der Waals surface area contributed by atoms with Gasteiger partial charge in [0.1, 0.15) is 24.7 Å². The summed E-state index contributed by atoms with van der Waals surface area (Å²) in [5, 5.41) is 0. The third-order valence-corrected chi connectivity index (χ3v) is 5.02. The molecule has 2 aromatic carbocycles. The standard InChI is InChI=1S/C23H32N2O2/c1-24(2)13-15-26-20-9-5-18(6-10-20)22-17-23(22)19-7-11-21(12-8-19)27-16-14-25(3)4/h5-12,22-23H,13-17H2,1-4H3. The van der Waals surface area contributed by atoms with Crippen LogP contribution in [0.5, 0.6) is 11.5 Å². The van der Waals surface area contributed by atoms with Crippen molar-refractivity contribution in [2.24, 2.45) is 0 Å². The minimum Gasteiger partial charge on any atom is -0.492 e. The van der Waals surface area contributed by atoms with Crippen LogP contribution >= 0.6 is 0 Å². The number of likely N-dealkylation sites (N-methyl/N-ethyl adjacent to an activating group) is 2. The molecule has 27 heavy (non-hydrogen) atoms. The van der Waals surface area contributed by atoms with E-state index in [4.69, 9.17) is 9.47 Å². The molecule has 2 unspecified atom stereocenters. The number of hydrogen-bond acceptors (Lipinski definition) is 4. The molecule has 0 aliphatic heterocycles. The molecule has 0 N–H and O–H groups in total. The predicted octanol–water partition coefficient (Wildman–Crippen LogP) is 3.84. The number of rotatable bonds is 10. The zero-order chi connectivity index (χ0) is 19.2. The van der Waals surface area contributed by atoms with E-state index in [9.17, 15) is 0 Å². The normalized spacial score (nSPS) is 18.7. The van der Waals surface area contributed by atoms with Crippen molar-refractivity contribution in [3.05, 3.63) is 59.7 Å². The summed E-state index contributed by atoms with van der Waals surface area (Å²) in [7, 11) is 8.23. The van der Waals surface area contributed by atoms with Crippen molar-refractivity contribution in [3.63, 3.8) is 0 Å². The monoisotopic (exact) mass is 368 g/mol. The summed E-state index contributed by atoms with van der Waals surface area (Å²) in [6.07, 6.45) is 1.22. The first-order valence-electron chi connectivity index (χ1n) is 9.78. The van der Waals surface area contributed by atoms with E-state index >= 15 is 0 Å². The maximum Gasteiger partial charge on any atom is 0.119 e. The van der Waals surface area contributed by atoms with Gasteiger partial charge in [-0.3, -0.25) is 0 Å². The third kappa shape index (κ3) is 5.98. The van der Waals surface area contributed by atoms with Crippen molar-refractivity contribution < 1.29 is 9.47 Å². The molecule has 0 amide bonds. The van der Waals surface area contributed by atoms with Gasteiger partial charge in [-0.1, -0.05) is 24.3 Å². The van der Waals surface area contributed by atoms with Gasteiger partial charge in [0.05, 0.1) is 0 Å². The molecular weight excluding hydrogens is 336 g/mol. The average molecular weight is 369 g/mol. The Bertz CT molecular complexity index is 634. The average Bonchev–Trinajstić information content (AvgIpc) is 3.43. The summed E-state index contributed by atoms with van der Waals surface area (Å²) in [5.41, 5.74) is 2.82. The molecule has 0 aromatic heterocycles. The lowest BCUT2D eigenvalue weighted by Gasteiger charge is -2.12. The molecule has 3 rings (SSSR count). The van der Waals surface area contributed by atoms with E-state index in [1.54, 1.807) is 0 Å². The van der Waals surface area contributed by atoms with Crippen LogP contribution < -0.4 is 9.47 Å². The number of benzene rings is 2. The van der Waals surface area contributed by atoms with Gasteiger partial charge in [0.2, 0.25) is 0 Å². The van der Waals surface area contributed by atoms with Crippen molar-refractivity contribution >= 4 is 0 Å². The summed E-state index contributed by atoms with van der Waals surface area (Å²) in [4.78, 5) is 4.25. The fourth-order valence-electron chi connectivity index (χ4n) is 3.25. The maximum absolute atomic E-state index is 5.78. The Morgan fingerprint density at radius 2 is 1.04 bits per heavy atom. The molecule has 0 radical (unpaired) electrons. The maximum atomic E-state index is 5.78. The van der Waals surface area contributed by atoms with Crippen molar-refractivity contribution in [2.45, 2.75) is 18.3 Å². The van der Waals surface area contributed by atoms with Crippen molar-refractivity contribution in [3.8, 4) is 11.5 Å². The highest BCUT2D eigenvalue weighted by atomic mass is 16.5. The van der Waals surface area contributed by atoms with Gasteiger partial charge >= 0.3 is 0 Å². The Balaban J connectivity index is 1.48. The molecular formula is C23H32N2O2. The predicted molar refractivity (Wildman–Crippen MR) is 111 cm³/mol. The van der Waals surface area contributed by atoms with Crippen LogP contribution in [0.2, 0.25) is 0 Å². The number of ether oxygens (including phenoxy) is 2. The highest BCUT2D eigenvalue weighted by Gasteiger charge is 2.39. The molecule has 2 aromatic rings. The Morgan fingerprint density at radius 3 is 1.37 bits per heavy atom. The lowest BCUT2D eigenvalue weighted by molar-refractivity contribution is 0.261. The molecule has 0 spiro atoms. The van der Waals surface area contributed by atoms with Gasteiger partial charge in [0.15, 0.2) is 0 Å². The summed E-state index contributed by atoms with van der Waals surface area (Å²) in [6, 6.07) is 17.3. The van der Waals surface area contributed by atoms with Gasteiger partial charge in [-0.05, 0) is 81.8 Å². The highest BCUT2D eigenvalue weighted by molar-refractivity contribution is 5.40. The fraction of sp³-hybridized carbons (Fsp3) is 0.478. The molecule has 2 atom stereocenters. The van der Waals surface area contributed by atoms with Crippen LogP contribution in [0.3, 0.4) is 0 Å². The lowest BCUT2D eigenvalue weighted by atomic mass is 10.0. The summed E-state index contributed by atoms with van der Waals surface area (Å²) in [5.74, 6) is 3.16. The molecule has 4 nitrogen and oxygen atoms in total. The minimum absolute atomic E-state index is 0.626. The van der Waals surface area contributed by atoms with Crippen LogP contribution in [-0.4, -0.2) is 64.3 Å². The topological polar surface area (TPSA) is 24.9 Å². The second-order valence-electron chi connectivity index (χ2n) is 7.89. The van der Waals surface area contributed by atoms with Crippen LogP contribution in [0.25, 0.3) is 0 Å². The van der Waals surface area contributed by atoms with Crippen molar-refractivity contribution in [1.82, 2.24) is 9.80 Å². The second-order valence-corrected chi connectivity index (χ2v) is 7.89. The molecule has 1 saturated carbocycles. The Hall–Kier alpha value is -2.04. The Kier molecular flexibility index (Phi) is 6.75. The van der Waals surface area contributed by atoms with E-state index < -0.39 is 0 Å². The fourth-order valence-corrected chi connectivity index (χ4v) is 3.25. The second kappa shape index (κ2) is 9.25. The molecule has 146 valence electrons. The van der Waals surface area contributed by atoms with E-state index in [2.05, 4.69) is 86.5 Å². The molecule has 0 bridgehead atoms. The van der Waals surface area contributed by atoms with Crippen LogP contribution in [0.1, 0.15) is 29.4 Å². The van der Waals surface area contributed by atoms with Gasteiger partial charge in [0, 0.05) is 13.1 Å². The Labute approximate surface area is 163 Å².